The summed E-state index contributed by atoms with van der Waals surface area (Å²) in [5, 5.41) is 9.07. The summed E-state index contributed by atoms with van der Waals surface area (Å²) in [5.41, 5.74) is 4.15. The summed E-state index contributed by atoms with van der Waals surface area (Å²) in [5.74, 6) is -0.790. The molecule has 1 aliphatic carbocycles. The number of aliphatic carboxylic acids is 1. The second-order valence-electron chi connectivity index (χ2n) is 6.09. The van der Waals surface area contributed by atoms with Crippen molar-refractivity contribution in [2.45, 2.75) is 65.7 Å². The van der Waals surface area contributed by atoms with E-state index in [1.54, 1.807) is 0 Å². The van der Waals surface area contributed by atoms with Crippen LogP contribution in [0.5, 0.6) is 0 Å². The van der Waals surface area contributed by atoms with Crippen LogP contribution in [0.3, 0.4) is 0 Å². The second-order valence-corrected chi connectivity index (χ2v) is 6.09. The molecule has 0 heterocycles. The molecular formula is C18H28O2. The third-order valence-corrected chi connectivity index (χ3v) is 3.86. The first-order chi connectivity index (χ1) is 9.49. The quantitative estimate of drug-likeness (QED) is 0.643. The number of carboxylic acid groups (broad SMARTS) is 1. The molecule has 0 aromatic carbocycles. The smallest absolute Gasteiger partial charge is 0.306 e. The van der Waals surface area contributed by atoms with Crippen LogP contribution in [0.25, 0.3) is 0 Å². The molecule has 1 unspecified atom stereocenters. The molecule has 2 heteroatoms. The molecule has 0 saturated heterocycles. The van der Waals surface area contributed by atoms with Crippen molar-refractivity contribution in [2.75, 3.05) is 0 Å². The Morgan fingerprint density at radius 3 is 2.70 bits per heavy atom. The summed E-state index contributed by atoms with van der Waals surface area (Å²) in [6, 6.07) is 0. The molecule has 0 aromatic rings. The lowest BCUT2D eigenvalue weighted by Gasteiger charge is -2.18. The molecule has 0 radical (unpaired) electrons. The van der Waals surface area contributed by atoms with E-state index < -0.39 is 5.97 Å². The van der Waals surface area contributed by atoms with Gasteiger partial charge in [-0.2, -0.15) is 0 Å². The van der Waals surface area contributed by atoms with Crippen molar-refractivity contribution in [1.29, 1.82) is 0 Å². The van der Waals surface area contributed by atoms with E-state index in [1.807, 2.05) is 0 Å². The van der Waals surface area contributed by atoms with Crippen LogP contribution in [0.15, 0.2) is 34.9 Å². The standard InChI is InChI=1S/C18H28O2/c1-14(2)7-4-8-15(3)9-5-10-16-11-6-12-17(13-16)18(19)20/h7,9,11,17H,4-6,8,10,12-13H2,1-3H3,(H,19,20)/b15-9+. The van der Waals surface area contributed by atoms with Gasteiger partial charge in [-0.05, 0) is 65.7 Å². The van der Waals surface area contributed by atoms with Crippen LogP contribution < -0.4 is 0 Å². The van der Waals surface area contributed by atoms with Crippen LogP contribution in [-0.2, 0) is 4.79 Å². The van der Waals surface area contributed by atoms with Gasteiger partial charge in [0.1, 0.15) is 0 Å². The number of carboxylic acids is 1. The van der Waals surface area contributed by atoms with Gasteiger partial charge in [0.05, 0.1) is 5.92 Å². The van der Waals surface area contributed by atoms with Gasteiger partial charge in [0.15, 0.2) is 0 Å². The lowest BCUT2D eigenvalue weighted by Crippen LogP contribution is -2.16. The fourth-order valence-electron chi connectivity index (χ4n) is 2.60. The lowest BCUT2D eigenvalue weighted by molar-refractivity contribution is -0.142. The Hall–Kier alpha value is -1.31. The van der Waals surface area contributed by atoms with Crippen LogP contribution in [-0.4, -0.2) is 11.1 Å². The number of hydrogen-bond acceptors (Lipinski definition) is 1. The first-order valence-electron chi connectivity index (χ1n) is 7.68. The van der Waals surface area contributed by atoms with Crippen molar-refractivity contribution in [3.8, 4) is 0 Å². The third kappa shape index (κ3) is 6.74. The molecule has 0 aromatic heterocycles. The van der Waals surface area contributed by atoms with E-state index in [4.69, 9.17) is 5.11 Å². The number of allylic oxidation sites excluding steroid dienone is 6. The van der Waals surface area contributed by atoms with E-state index >= 15 is 0 Å². The first-order valence-corrected chi connectivity index (χ1v) is 7.68. The Labute approximate surface area is 123 Å². The minimum absolute atomic E-state index is 0.155. The normalized spacial score (nSPS) is 19.4. The highest BCUT2D eigenvalue weighted by molar-refractivity contribution is 5.70. The number of carbonyl (C=O) groups is 1. The van der Waals surface area contributed by atoms with Crippen molar-refractivity contribution < 1.29 is 9.90 Å². The Kier molecular flexibility index (Phi) is 7.35. The maximum Gasteiger partial charge on any atom is 0.306 e. The summed E-state index contributed by atoms with van der Waals surface area (Å²) >= 11 is 0. The van der Waals surface area contributed by atoms with Gasteiger partial charge in [-0.3, -0.25) is 4.79 Å². The number of rotatable bonds is 7. The maximum absolute atomic E-state index is 11.0. The minimum Gasteiger partial charge on any atom is -0.481 e. The molecule has 0 spiro atoms. The van der Waals surface area contributed by atoms with Gasteiger partial charge in [-0.15, -0.1) is 0 Å². The van der Waals surface area contributed by atoms with Crippen LogP contribution >= 0.6 is 0 Å². The van der Waals surface area contributed by atoms with Gasteiger partial charge in [-0.1, -0.05) is 34.9 Å². The zero-order valence-electron chi connectivity index (χ0n) is 13.1. The summed E-state index contributed by atoms with van der Waals surface area (Å²) in [4.78, 5) is 11.0. The molecule has 20 heavy (non-hydrogen) atoms. The predicted octanol–water partition coefficient (Wildman–Crippen LogP) is 5.27. The molecule has 0 bridgehead atoms. The SMILES string of the molecule is CC(C)=CCC/C(C)=C/CCC1=CCCC(C(=O)O)C1. The molecule has 1 N–H and O–H groups in total. The Balaban J connectivity index is 2.31. The van der Waals surface area contributed by atoms with E-state index in [0.717, 1.165) is 44.9 Å². The molecule has 1 rings (SSSR count). The minimum atomic E-state index is -0.635. The molecule has 0 saturated carbocycles. The average Bonchev–Trinajstić information content (AvgIpc) is 2.38. The highest BCUT2D eigenvalue weighted by atomic mass is 16.4. The monoisotopic (exact) mass is 276 g/mol. The molecule has 0 amide bonds. The zero-order chi connectivity index (χ0) is 15.0. The molecule has 2 nitrogen and oxygen atoms in total. The van der Waals surface area contributed by atoms with Crippen LogP contribution in [0, 0.1) is 5.92 Å². The van der Waals surface area contributed by atoms with Gasteiger partial charge in [-0.25, -0.2) is 0 Å². The van der Waals surface area contributed by atoms with Crippen molar-refractivity contribution >= 4 is 5.97 Å². The van der Waals surface area contributed by atoms with Gasteiger partial charge < -0.3 is 5.11 Å². The van der Waals surface area contributed by atoms with Crippen molar-refractivity contribution in [3.63, 3.8) is 0 Å². The summed E-state index contributed by atoms with van der Waals surface area (Å²) in [6.45, 7) is 6.45. The van der Waals surface area contributed by atoms with Crippen molar-refractivity contribution in [2.24, 2.45) is 5.92 Å². The molecular weight excluding hydrogens is 248 g/mol. The van der Waals surface area contributed by atoms with Crippen LogP contribution in [0.4, 0.5) is 0 Å². The van der Waals surface area contributed by atoms with Crippen LogP contribution in [0.2, 0.25) is 0 Å². The Morgan fingerprint density at radius 1 is 1.30 bits per heavy atom. The molecule has 112 valence electrons. The third-order valence-electron chi connectivity index (χ3n) is 3.86. The summed E-state index contributed by atoms with van der Waals surface area (Å²) in [7, 11) is 0. The van der Waals surface area contributed by atoms with Gasteiger partial charge >= 0.3 is 5.97 Å². The lowest BCUT2D eigenvalue weighted by atomic mass is 9.87. The van der Waals surface area contributed by atoms with E-state index in [-0.39, 0.29) is 5.92 Å². The Morgan fingerprint density at radius 2 is 2.05 bits per heavy atom. The molecule has 1 aliphatic rings. The first kappa shape index (κ1) is 16.7. The maximum atomic E-state index is 11.0. The zero-order valence-corrected chi connectivity index (χ0v) is 13.1. The van der Waals surface area contributed by atoms with Crippen LogP contribution in [0.1, 0.15) is 65.7 Å². The highest BCUT2D eigenvalue weighted by Crippen LogP contribution is 2.27. The summed E-state index contributed by atoms with van der Waals surface area (Å²) in [6.07, 6.45) is 13.6. The fraction of sp³-hybridized carbons (Fsp3) is 0.611. The highest BCUT2D eigenvalue weighted by Gasteiger charge is 2.21. The Bertz CT molecular complexity index is 409. The van der Waals surface area contributed by atoms with Crippen molar-refractivity contribution in [1.82, 2.24) is 0 Å². The van der Waals surface area contributed by atoms with Gasteiger partial charge in [0.2, 0.25) is 0 Å². The van der Waals surface area contributed by atoms with E-state index in [2.05, 4.69) is 39.0 Å². The van der Waals surface area contributed by atoms with Gasteiger partial charge in [0.25, 0.3) is 0 Å². The molecule has 0 aliphatic heterocycles. The average molecular weight is 276 g/mol. The number of hydrogen-bond donors (Lipinski definition) is 1. The van der Waals surface area contributed by atoms with E-state index in [0.29, 0.717) is 0 Å². The molecule has 0 fully saturated rings. The fourth-order valence-corrected chi connectivity index (χ4v) is 2.60. The topological polar surface area (TPSA) is 37.3 Å². The summed E-state index contributed by atoms with van der Waals surface area (Å²) < 4.78 is 0. The van der Waals surface area contributed by atoms with Crippen molar-refractivity contribution in [3.05, 3.63) is 34.9 Å². The van der Waals surface area contributed by atoms with E-state index in [9.17, 15) is 4.79 Å². The largest absolute Gasteiger partial charge is 0.481 e. The van der Waals surface area contributed by atoms with Gasteiger partial charge in [0, 0.05) is 0 Å². The van der Waals surface area contributed by atoms with E-state index in [1.165, 1.54) is 16.7 Å². The molecule has 1 atom stereocenters. The second kappa shape index (κ2) is 8.78. The predicted molar refractivity (Wildman–Crippen MR) is 84.7 cm³/mol.